The Labute approximate surface area is 166 Å². The van der Waals surface area contributed by atoms with Gasteiger partial charge in [-0.1, -0.05) is 19.4 Å². The smallest absolute Gasteiger partial charge is 0.191 e. The number of aliphatic imine (C=N–C) groups is 1. The Balaban J connectivity index is 0.00000264. The fraction of sp³-hybridized carbons (Fsp3) is 0.706. The summed E-state index contributed by atoms with van der Waals surface area (Å²) in [5.41, 5.74) is 0. The van der Waals surface area contributed by atoms with Crippen LogP contribution >= 0.6 is 47.1 Å². The predicted octanol–water partition coefficient (Wildman–Crippen LogP) is 4.38. The van der Waals surface area contributed by atoms with Gasteiger partial charge in [-0.3, -0.25) is 4.99 Å². The van der Waals surface area contributed by atoms with Crippen LogP contribution in [-0.2, 0) is 6.42 Å². The summed E-state index contributed by atoms with van der Waals surface area (Å²) in [6.45, 7) is 3.26. The summed E-state index contributed by atoms with van der Waals surface area (Å²) in [5, 5.41) is 10.1. The third-order valence-corrected chi connectivity index (χ3v) is 6.27. The van der Waals surface area contributed by atoms with E-state index in [1.165, 1.54) is 30.6 Å². The molecule has 1 aromatic heterocycles. The van der Waals surface area contributed by atoms with Gasteiger partial charge in [-0.05, 0) is 49.3 Å². The van der Waals surface area contributed by atoms with Gasteiger partial charge in [0.2, 0.25) is 0 Å². The zero-order valence-corrected chi connectivity index (χ0v) is 18.3. The number of halogens is 1. The van der Waals surface area contributed by atoms with Crippen molar-refractivity contribution in [2.24, 2.45) is 10.9 Å². The first-order valence-electron chi connectivity index (χ1n) is 8.23. The third kappa shape index (κ3) is 7.65. The van der Waals surface area contributed by atoms with E-state index in [9.17, 15) is 0 Å². The number of rotatable bonds is 6. The van der Waals surface area contributed by atoms with Crippen LogP contribution in [0.4, 0.5) is 0 Å². The molecule has 1 fully saturated rings. The molecule has 3 nitrogen and oxygen atoms in total. The minimum atomic E-state index is 0. The highest BCUT2D eigenvalue weighted by molar-refractivity contribution is 14.0. The molecule has 132 valence electrons. The molecule has 3 unspecified atom stereocenters. The second-order valence-electron chi connectivity index (χ2n) is 6.21. The van der Waals surface area contributed by atoms with Crippen molar-refractivity contribution in [3.63, 3.8) is 0 Å². The van der Waals surface area contributed by atoms with Crippen LogP contribution < -0.4 is 10.6 Å². The Morgan fingerprint density at radius 1 is 1.48 bits per heavy atom. The molecule has 0 aromatic carbocycles. The molecule has 1 saturated carbocycles. The minimum Gasteiger partial charge on any atom is -0.356 e. The highest BCUT2D eigenvalue weighted by Crippen LogP contribution is 2.26. The third-order valence-electron chi connectivity index (χ3n) is 4.27. The molecule has 1 aliphatic rings. The molecule has 23 heavy (non-hydrogen) atoms. The summed E-state index contributed by atoms with van der Waals surface area (Å²) >= 11 is 3.85. The molecule has 3 atom stereocenters. The molecule has 0 saturated heterocycles. The van der Waals surface area contributed by atoms with Crippen LogP contribution in [0.25, 0.3) is 0 Å². The van der Waals surface area contributed by atoms with Gasteiger partial charge in [-0.15, -0.1) is 35.3 Å². The first kappa shape index (κ1) is 21.1. The largest absolute Gasteiger partial charge is 0.356 e. The quantitative estimate of drug-likeness (QED) is 0.370. The van der Waals surface area contributed by atoms with Crippen LogP contribution in [0, 0.1) is 5.92 Å². The highest BCUT2D eigenvalue weighted by atomic mass is 127. The Hall–Kier alpha value is 0.0500. The number of hydrogen-bond donors (Lipinski definition) is 2. The molecule has 0 radical (unpaired) electrons. The molecule has 2 N–H and O–H groups in total. The summed E-state index contributed by atoms with van der Waals surface area (Å²) in [5.74, 6) is 1.58. The Bertz CT molecular complexity index is 451. The molecule has 0 spiro atoms. The van der Waals surface area contributed by atoms with Crippen LogP contribution in [0.2, 0.25) is 0 Å². The van der Waals surface area contributed by atoms with Crippen LogP contribution in [0.15, 0.2) is 22.5 Å². The van der Waals surface area contributed by atoms with E-state index < -0.39 is 0 Å². The van der Waals surface area contributed by atoms with Gasteiger partial charge in [-0.2, -0.15) is 11.8 Å². The molecule has 0 aliphatic heterocycles. The number of thioether (sulfide) groups is 1. The molecule has 6 heteroatoms. The van der Waals surface area contributed by atoms with E-state index >= 15 is 0 Å². The van der Waals surface area contributed by atoms with E-state index in [4.69, 9.17) is 0 Å². The van der Waals surface area contributed by atoms with Gasteiger partial charge in [0.1, 0.15) is 0 Å². The van der Waals surface area contributed by atoms with Gasteiger partial charge in [-0.25, -0.2) is 0 Å². The molecule has 0 amide bonds. The van der Waals surface area contributed by atoms with Crippen molar-refractivity contribution < 1.29 is 0 Å². The van der Waals surface area contributed by atoms with Crippen molar-refractivity contribution in [3.8, 4) is 0 Å². The van der Waals surface area contributed by atoms with Crippen LogP contribution in [0.1, 0.15) is 37.5 Å². The molecule has 1 heterocycles. The molecule has 1 aliphatic carbocycles. The molecular weight excluding hydrogens is 437 g/mol. The van der Waals surface area contributed by atoms with E-state index in [0.29, 0.717) is 12.0 Å². The zero-order chi connectivity index (χ0) is 15.8. The maximum absolute atomic E-state index is 4.39. The Morgan fingerprint density at radius 2 is 2.30 bits per heavy atom. The summed E-state index contributed by atoms with van der Waals surface area (Å²) in [6, 6.07) is 4.93. The van der Waals surface area contributed by atoms with E-state index in [2.05, 4.69) is 46.3 Å². The molecule has 0 bridgehead atoms. The number of nitrogens with one attached hydrogen (secondary N) is 2. The van der Waals surface area contributed by atoms with Crippen molar-refractivity contribution in [3.05, 3.63) is 22.4 Å². The monoisotopic (exact) mass is 467 g/mol. The summed E-state index contributed by atoms with van der Waals surface area (Å²) < 4.78 is 0. The van der Waals surface area contributed by atoms with Crippen molar-refractivity contribution in [1.82, 2.24) is 10.6 Å². The second kappa shape index (κ2) is 11.6. The number of guanidine groups is 1. The molecular formula is C17H30IN3S2. The van der Waals surface area contributed by atoms with Crippen molar-refractivity contribution in [1.29, 1.82) is 0 Å². The normalized spacial score (nSPS) is 23.0. The Kier molecular flexibility index (Phi) is 10.6. The van der Waals surface area contributed by atoms with E-state index in [0.717, 1.165) is 24.2 Å². The van der Waals surface area contributed by atoms with Gasteiger partial charge in [0, 0.05) is 29.8 Å². The van der Waals surface area contributed by atoms with E-state index in [1.807, 2.05) is 30.1 Å². The SMILES string of the molecule is CN=C(NCC(C)Cc1cccs1)NC1CCCC(SC)C1.I. The fourth-order valence-corrected chi connectivity index (χ4v) is 4.69. The zero-order valence-electron chi connectivity index (χ0n) is 14.4. The van der Waals surface area contributed by atoms with Gasteiger partial charge < -0.3 is 10.6 Å². The van der Waals surface area contributed by atoms with Crippen molar-refractivity contribution in [2.45, 2.75) is 50.3 Å². The van der Waals surface area contributed by atoms with Crippen LogP contribution in [0.3, 0.4) is 0 Å². The lowest BCUT2D eigenvalue weighted by Gasteiger charge is -2.30. The summed E-state index contributed by atoms with van der Waals surface area (Å²) in [4.78, 5) is 5.86. The lowest BCUT2D eigenvalue weighted by atomic mass is 9.95. The topological polar surface area (TPSA) is 36.4 Å². The molecule has 1 aromatic rings. The maximum atomic E-state index is 4.39. The van der Waals surface area contributed by atoms with E-state index in [-0.39, 0.29) is 24.0 Å². The summed E-state index contributed by atoms with van der Waals surface area (Å²) in [6.07, 6.45) is 8.58. The lowest BCUT2D eigenvalue weighted by molar-refractivity contribution is 0.417. The lowest BCUT2D eigenvalue weighted by Crippen LogP contribution is -2.46. The van der Waals surface area contributed by atoms with Crippen molar-refractivity contribution >= 4 is 53.0 Å². The minimum absolute atomic E-state index is 0. The van der Waals surface area contributed by atoms with Crippen LogP contribution in [0.5, 0.6) is 0 Å². The first-order chi connectivity index (χ1) is 10.7. The predicted molar refractivity (Wildman–Crippen MR) is 117 cm³/mol. The van der Waals surface area contributed by atoms with Gasteiger partial charge in [0.25, 0.3) is 0 Å². The average molecular weight is 467 g/mol. The average Bonchev–Trinajstić information content (AvgIpc) is 3.04. The number of thiophene rings is 1. The fourth-order valence-electron chi connectivity index (χ4n) is 2.99. The number of hydrogen-bond acceptors (Lipinski definition) is 3. The first-order valence-corrected chi connectivity index (χ1v) is 10.4. The highest BCUT2D eigenvalue weighted by Gasteiger charge is 2.21. The second-order valence-corrected chi connectivity index (χ2v) is 8.38. The number of nitrogens with zero attached hydrogens (tertiary/aromatic N) is 1. The summed E-state index contributed by atoms with van der Waals surface area (Å²) in [7, 11) is 1.87. The maximum Gasteiger partial charge on any atom is 0.191 e. The molecule has 2 rings (SSSR count). The van der Waals surface area contributed by atoms with Gasteiger partial charge in [0.05, 0.1) is 0 Å². The Morgan fingerprint density at radius 3 is 2.96 bits per heavy atom. The van der Waals surface area contributed by atoms with Crippen molar-refractivity contribution in [2.75, 3.05) is 19.8 Å². The van der Waals surface area contributed by atoms with Gasteiger partial charge >= 0.3 is 0 Å². The van der Waals surface area contributed by atoms with Crippen LogP contribution in [-0.4, -0.2) is 37.1 Å². The van der Waals surface area contributed by atoms with Gasteiger partial charge in [0.15, 0.2) is 5.96 Å². The standard InChI is InChI=1S/C17H29N3S2.HI/c1-13(10-16-8-5-9-22-16)12-19-17(18-2)20-14-6-4-7-15(11-14)21-3;/h5,8-9,13-15H,4,6-7,10-12H2,1-3H3,(H2,18,19,20);1H. The van der Waals surface area contributed by atoms with E-state index in [1.54, 1.807) is 0 Å².